The van der Waals surface area contributed by atoms with Crippen LogP contribution >= 0.6 is 0 Å². The molecule has 5 nitrogen and oxygen atoms in total. The Morgan fingerprint density at radius 1 is 1.44 bits per heavy atom. The number of carbonyl (C=O) groups is 1. The standard InChI is InChI=1S/C12H15NO4S/c1-18(15,16)13-12(14)10-4-2-3-9(7-10)11-5-6-17-8-11/h2-4,7,11H,5-6,8H2,1H3,(H,13,14). The van der Waals surface area contributed by atoms with Gasteiger partial charge in [-0.1, -0.05) is 12.1 Å². The van der Waals surface area contributed by atoms with E-state index in [1.54, 1.807) is 18.2 Å². The molecule has 1 unspecified atom stereocenters. The van der Waals surface area contributed by atoms with Gasteiger partial charge in [-0.2, -0.15) is 0 Å². The summed E-state index contributed by atoms with van der Waals surface area (Å²) >= 11 is 0. The number of benzene rings is 1. The van der Waals surface area contributed by atoms with E-state index in [1.165, 1.54) is 0 Å². The number of carbonyl (C=O) groups excluding carboxylic acids is 1. The van der Waals surface area contributed by atoms with E-state index in [9.17, 15) is 13.2 Å². The fourth-order valence-electron chi connectivity index (χ4n) is 1.96. The minimum atomic E-state index is -3.53. The molecule has 1 saturated heterocycles. The molecule has 1 aromatic rings. The molecule has 0 bridgehead atoms. The van der Waals surface area contributed by atoms with Crippen LogP contribution in [0.4, 0.5) is 0 Å². The number of ether oxygens (including phenoxy) is 1. The molecule has 1 heterocycles. The van der Waals surface area contributed by atoms with Crippen LogP contribution in [0.25, 0.3) is 0 Å². The smallest absolute Gasteiger partial charge is 0.264 e. The first-order valence-corrected chi connectivity index (χ1v) is 7.55. The molecule has 1 fully saturated rings. The first kappa shape index (κ1) is 13.0. The van der Waals surface area contributed by atoms with Gasteiger partial charge in [-0.15, -0.1) is 0 Å². The average Bonchev–Trinajstić information content (AvgIpc) is 2.80. The van der Waals surface area contributed by atoms with Crippen molar-refractivity contribution in [1.82, 2.24) is 4.72 Å². The Hall–Kier alpha value is -1.40. The zero-order valence-electron chi connectivity index (χ0n) is 10.0. The van der Waals surface area contributed by atoms with Gasteiger partial charge in [0.05, 0.1) is 12.9 Å². The fourth-order valence-corrected chi connectivity index (χ4v) is 2.41. The molecule has 1 amide bonds. The normalized spacial score (nSPS) is 19.7. The molecule has 6 heteroatoms. The van der Waals surface area contributed by atoms with Crippen LogP contribution in [0, 0.1) is 0 Å². The minimum absolute atomic E-state index is 0.288. The Kier molecular flexibility index (Phi) is 3.68. The number of rotatable bonds is 3. The monoisotopic (exact) mass is 269 g/mol. The van der Waals surface area contributed by atoms with Gasteiger partial charge >= 0.3 is 0 Å². The molecular weight excluding hydrogens is 254 g/mol. The second kappa shape index (κ2) is 5.07. The van der Waals surface area contributed by atoms with Gasteiger partial charge in [-0.3, -0.25) is 4.79 Å². The molecule has 0 spiro atoms. The maximum Gasteiger partial charge on any atom is 0.264 e. The summed E-state index contributed by atoms with van der Waals surface area (Å²) in [6.07, 6.45) is 1.89. The molecule has 18 heavy (non-hydrogen) atoms. The second-order valence-electron chi connectivity index (χ2n) is 4.39. The van der Waals surface area contributed by atoms with E-state index in [4.69, 9.17) is 4.74 Å². The van der Waals surface area contributed by atoms with Gasteiger partial charge in [0.15, 0.2) is 0 Å². The second-order valence-corrected chi connectivity index (χ2v) is 6.14. The van der Waals surface area contributed by atoms with Crippen LogP contribution < -0.4 is 4.72 Å². The summed E-state index contributed by atoms with van der Waals surface area (Å²) in [5.74, 6) is -0.311. The van der Waals surface area contributed by atoms with Crippen LogP contribution in [-0.2, 0) is 14.8 Å². The lowest BCUT2D eigenvalue weighted by atomic mass is 9.97. The largest absolute Gasteiger partial charge is 0.381 e. The van der Waals surface area contributed by atoms with Crippen LogP contribution in [0.15, 0.2) is 24.3 Å². The molecular formula is C12H15NO4S. The zero-order valence-corrected chi connectivity index (χ0v) is 10.9. The lowest BCUT2D eigenvalue weighted by molar-refractivity contribution is 0.0981. The van der Waals surface area contributed by atoms with Crippen LogP contribution in [0.5, 0.6) is 0 Å². The number of hydrogen-bond donors (Lipinski definition) is 1. The molecule has 0 aliphatic carbocycles. The van der Waals surface area contributed by atoms with E-state index in [0.29, 0.717) is 12.2 Å². The first-order chi connectivity index (χ1) is 8.46. The van der Waals surface area contributed by atoms with E-state index >= 15 is 0 Å². The Bertz CT molecular complexity index is 547. The highest BCUT2D eigenvalue weighted by Crippen LogP contribution is 2.25. The predicted molar refractivity (Wildman–Crippen MR) is 66.9 cm³/mol. The zero-order chi connectivity index (χ0) is 13.2. The average molecular weight is 269 g/mol. The summed E-state index contributed by atoms with van der Waals surface area (Å²) in [5.41, 5.74) is 1.36. The maximum absolute atomic E-state index is 11.7. The van der Waals surface area contributed by atoms with Gasteiger partial charge in [0.25, 0.3) is 5.91 Å². The van der Waals surface area contributed by atoms with Crippen LogP contribution in [-0.4, -0.2) is 33.8 Å². The maximum atomic E-state index is 11.7. The van der Waals surface area contributed by atoms with Crippen molar-refractivity contribution in [3.05, 3.63) is 35.4 Å². The summed E-state index contributed by atoms with van der Waals surface area (Å²) in [5, 5.41) is 0. The van der Waals surface area contributed by atoms with Crippen LogP contribution in [0.2, 0.25) is 0 Å². The van der Waals surface area contributed by atoms with Crippen molar-refractivity contribution >= 4 is 15.9 Å². The summed E-state index contributed by atoms with van der Waals surface area (Å²) < 4.78 is 29.3. The summed E-state index contributed by atoms with van der Waals surface area (Å²) in [7, 11) is -3.53. The lowest BCUT2D eigenvalue weighted by Crippen LogP contribution is -2.29. The molecule has 1 aromatic carbocycles. The van der Waals surface area contributed by atoms with E-state index in [2.05, 4.69) is 0 Å². The quantitative estimate of drug-likeness (QED) is 0.884. The molecule has 1 aliphatic rings. The molecule has 1 aliphatic heterocycles. The molecule has 1 N–H and O–H groups in total. The van der Waals surface area contributed by atoms with Gasteiger partial charge in [-0.05, 0) is 24.1 Å². The number of nitrogens with one attached hydrogen (secondary N) is 1. The predicted octanol–water partition coefficient (Wildman–Crippen LogP) is 0.880. The lowest BCUT2D eigenvalue weighted by Gasteiger charge is -2.09. The van der Waals surface area contributed by atoms with Crippen molar-refractivity contribution in [2.24, 2.45) is 0 Å². The van der Waals surface area contributed by atoms with Crippen LogP contribution in [0.3, 0.4) is 0 Å². The molecule has 98 valence electrons. The number of sulfonamides is 1. The van der Waals surface area contributed by atoms with Gasteiger partial charge < -0.3 is 4.74 Å². The van der Waals surface area contributed by atoms with Gasteiger partial charge in [0, 0.05) is 18.1 Å². The molecule has 0 radical (unpaired) electrons. The van der Waals surface area contributed by atoms with Gasteiger partial charge in [0.2, 0.25) is 10.0 Å². The van der Waals surface area contributed by atoms with E-state index in [1.807, 2.05) is 10.8 Å². The highest BCUT2D eigenvalue weighted by molar-refractivity contribution is 7.89. The van der Waals surface area contributed by atoms with E-state index in [0.717, 1.165) is 24.8 Å². The van der Waals surface area contributed by atoms with E-state index < -0.39 is 15.9 Å². The Labute approximate surface area is 106 Å². The topological polar surface area (TPSA) is 72.5 Å². The number of hydrogen-bond acceptors (Lipinski definition) is 4. The molecule has 1 atom stereocenters. The van der Waals surface area contributed by atoms with Crippen molar-refractivity contribution in [1.29, 1.82) is 0 Å². The van der Waals surface area contributed by atoms with Crippen molar-refractivity contribution in [3.8, 4) is 0 Å². The summed E-state index contributed by atoms with van der Waals surface area (Å²) in [6.45, 7) is 1.38. The molecule has 0 saturated carbocycles. The fraction of sp³-hybridized carbons (Fsp3) is 0.417. The van der Waals surface area contributed by atoms with Crippen molar-refractivity contribution in [3.63, 3.8) is 0 Å². The van der Waals surface area contributed by atoms with Crippen molar-refractivity contribution in [2.45, 2.75) is 12.3 Å². The third-order valence-electron chi connectivity index (χ3n) is 2.83. The highest BCUT2D eigenvalue weighted by atomic mass is 32.2. The Morgan fingerprint density at radius 2 is 2.22 bits per heavy atom. The Balaban J connectivity index is 2.18. The highest BCUT2D eigenvalue weighted by Gasteiger charge is 2.19. The van der Waals surface area contributed by atoms with Crippen molar-refractivity contribution < 1.29 is 17.9 Å². The third kappa shape index (κ3) is 3.30. The Morgan fingerprint density at radius 3 is 2.83 bits per heavy atom. The van der Waals surface area contributed by atoms with E-state index in [-0.39, 0.29) is 5.92 Å². The van der Waals surface area contributed by atoms with Crippen LogP contribution in [0.1, 0.15) is 28.3 Å². The third-order valence-corrected chi connectivity index (χ3v) is 3.38. The van der Waals surface area contributed by atoms with Crippen molar-refractivity contribution in [2.75, 3.05) is 19.5 Å². The summed E-state index contributed by atoms with van der Waals surface area (Å²) in [6, 6.07) is 7.00. The van der Waals surface area contributed by atoms with Gasteiger partial charge in [0.1, 0.15) is 0 Å². The SMILES string of the molecule is CS(=O)(=O)NC(=O)c1cccc(C2CCOC2)c1. The number of amides is 1. The van der Waals surface area contributed by atoms with Gasteiger partial charge in [-0.25, -0.2) is 13.1 Å². The molecule has 2 rings (SSSR count). The summed E-state index contributed by atoms with van der Waals surface area (Å²) in [4.78, 5) is 11.7. The minimum Gasteiger partial charge on any atom is -0.381 e. The first-order valence-electron chi connectivity index (χ1n) is 5.65. The molecule has 0 aromatic heterocycles.